The number of anilines is 4. The molecule has 0 bridgehead atoms. The van der Waals surface area contributed by atoms with Crippen LogP contribution in [-0.4, -0.2) is 53.6 Å². The topological polar surface area (TPSA) is 120 Å². The number of aryl methyl sites for hydroxylation is 1. The molecule has 10 nitrogen and oxygen atoms in total. The first-order valence-electron chi connectivity index (χ1n) is 12.6. The molecule has 5 rings (SSSR count). The molecule has 2 aromatic heterocycles. The minimum atomic E-state index is -3.53. The Bertz CT molecular complexity index is 1560. The minimum Gasteiger partial charge on any atom is -0.495 e. The number of aromatic nitrogens is 4. The van der Waals surface area contributed by atoms with Crippen molar-refractivity contribution in [2.75, 3.05) is 31.0 Å². The van der Waals surface area contributed by atoms with Gasteiger partial charge in [-0.15, -0.1) is 0 Å². The van der Waals surface area contributed by atoms with Gasteiger partial charge in [-0.3, -0.25) is 0 Å². The monoisotopic (exact) mass is 536 g/mol. The van der Waals surface area contributed by atoms with Gasteiger partial charge in [0.1, 0.15) is 5.75 Å². The third kappa shape index (κ3) is 5.03. The van der Waals surface area contributed by atoms with E-state index in [0.29, 0.717) is 34.9 Å². The average Bonchev–Trinajstić information content (AvgIpc) is 3.38. The van der Waals surface area contributed by atoms with Crippen molar-refractivity contribution in [3.63, 3.8) is 0 Å². The van der Waals surface area contributed by atoms with E-state index in [-0.39, 0.29) is 4.90 Å². The summed E-state index contributed by atoms with van der Waals surface area (Å²) in [5, 5.41) is 10.2. The van der Waals surface area contributed by atoms with Crippen LogP contribution >= 0.6 is 0 Å². The van der Waals surface area contributed by atoms with Crippen molar-refractivity contribution in [3.05, 3.63) is 59.8 Å². The molecule has 3 heterocycles. The van der Waals surface area contributed by atoms with E-state index >= 15 is 0 Å². The highest BCUT2D eigenvalue weighted by Crippen LogP contribution is 2.37. The van der Waals surface area contributed by atoms with Crippen molar-refractivity contribution in [2.24, 2.45) is 0 Å². The Hall–Kier alpha value is -3.70. The Kier molecular flexibility index (Phi) is 7.22. The molecule has 0 radical (unpaired) electrons. The van der Waals surface area contributed by atoms with Crippen LogP contribution in [0.15, 0.2) is 53.6 Å². The summed E-state index contributed by atoms with van der Waals surface area (Å²) in [4.78, 5) is 9.45. The van der Waals surface area contributed by atoms with Gasteiger partial charge < -0.3 is 20.1 Å². The van der Waals surface area contributed by atoms with E-state index < -0.39 is 15.1 Å². The van der Waals surface area contributed by atoms with Crippen LogP contribution in [0.25, 0.3) is 5.65 Å². The molecule has 1 aliphatic heterocycles. The van der Waals surface area contributed by atoms with Crippen LogP contribution in [0.1, 0.15) is 43.7 Å². The Morgan fingerprint density at radius 3 is 2.55 bits per heavy atom. The van der Waals surface area contributed by atoms with Crippen LogP contribution in [0, 0.1) is 6.92 Å². The highest BCUT2D eigenvalue weighted by Gasteiger charge is 2.24. The number of hydrogen-bond donors (Lipinski definition) is 2. The molecule has 11 heteroatoms. The normalized spacial score (nSPS) is 14.7. The van der Waals surface area contributed by atoms with Gasteiger partial charge in [0.15, 0.2) is 15.5 Å². The second-order valence-electron chi connectivity index (χ2n) is 9.61. The van der Waals surface area contributed by atoms with Gasteiger partial charge in [0, 0.05) is 19.3 Å². The van der Waals surface area contributed by atoms with E-state index in [2.05, 4.69) is 38.7 Å². The molecule has 0 amide bonds. The third-order valence-corrected chi connectivity index (χ3v) is 9.02. The number of fused-ring (bicyclic) bond motifs is 1. The van der Waals surface area contributed by atoms with Crippen molar-refractivity contribution in [1.29, 1.82) is 0 Å². The second-order valence-corrected chi connectivity index (χ2v) is 12.1. The number of para-hydroxylation sites is 1. The highest BCUT2D eigenvalue weighted by molar-refractivity contribution is 7.92. The standard InChI is InChI=1S/C27H32N6O4S/c1-17(2)38(34,35)24-8-6-5-7-21(24)30-27-32-26(31-25-9-12-28-33(25)27)29-22-15-18(3)20(16-23(22)36-4)19-10-13-37-14-11-19/h5-9,12,15-17,19H,10-11,13-14H2,1-4H3,(H2,29,30,31,32). The second kappa shape index (κ2) is 10.6. The molecule has 2 aromatic carbocycles. The summed E-state index contributed by atoms with van der Waals surface area (Å²) < 4.78 is 38.8. The summed E-state index contributed by atoms with van der Waals surface area (Å²) in [5.41, 5.74) is 4.10. The number of methoxy groups -OCH3 is 1. The van der Waals surface area contributed by atoms with Crippen LogP contribution in [0.5, 0.6) is 5.75 Å². The SMILES string of the molecule is COc1cc(C2CCOCC2)c(C)cc1Nc1nc(Nc2ccccc2S(=O)(=O)C(C)C)n2nccc2n1. The lowest BCUT2D eigenvalue weighted by molar-refractivity contribution is 0.0852. The maximum Gasteiger partial charge on any atom is 0.233 e. The summed E-state index contributed by atoms with van der Waals surface area (Å²) in [6.45, 7) is 6.95. The smallest absolute Gasteiger partial charge is 0.233 e. The molecule has 1 fully saturated rings. The summed E-state index contributed by atoms with van der Waals surface area (Å²) >= 11 is 0. The zero-order valence-corrected chi connectivity index (χ0v) is 22.7. The van der Waals surface area contributed by atoms with Crippen LogP contribution in [0.2, 0.25) is 0 Å². The maximum atomic E-state index is 13.0. The van der Waals surface area contributed by atoms with E-state index in [1.807, 2.05) is 6.07 Å². The van der Waals surface area contributed by atoms with E-state index in [4.69, 9.17) is 9.47 Å². The molecule has 0 saturated carbocycles. The third-order valence-electron chi connectivity index (χ3n) is 6.81. The van der Waals surface area contributed by atoms with Gasteiger partial charge in [0.05, 0.1) is 34.8 Å². The van der Waals surface area contributed by atoms with Gasteiger partial charge in [0.25, 0.3) is 0 Å². The summed E-state index contributed by atoms with van der Waals surface area (Å²) in [7, 11) is -1.89. The Balaban J connectivity index is 1.51. The van der Waals surface area contributed by atoms with E-state index in [1.54, 1.807) is 57.5 Å². The van der Waals surface area contributed by atoms with E-state index in [0.717, 1.165) is 37.3 Å². The summed E-state index contributed by atoms with van der Waals surface area (Å²) in [6.07, 6.45) is 3.59. The number of hydrogen-bond acceptors (Lipinski definition) is 9. The van der Waals surface area contributed by atoms with Crippen molar-refractivity contribution >= 4 is 38.8 Å². The molecule has 200 valence electrons. The largest absolute Gasteiger partial charge is 0.495 e. The molecule has 0 spiro atoms. The molecule has 0 unspecified atom stereocenters. The molecular formula is C27H32N6O4S. The number of nitrogens with zero attached hydrogens (tertiary/aromatic N) is 4. The maximum absolute atomic E-state index is 13.0. The lowest BCUT2D eigenvalue weighted by atomic mass is 9.88. The predicted molar refractivity (Wildman–Crippen MR) is 147 cm³/mol. The zero-order chi connectivity index (χ0) is 26.9. The van der Waals surface area contributed by atoms with Gasteiger partial charge in [0.2, 0.25) is 11.9 Å². The molecule has 4 aromatic rings. The number of benzene rings is 2. The average molecular weight is 537 g/mol. The molecule has 2 N–H and O–H groups in total. The lowest BCUT2D eigenvalue weighted by Gasteiger charge is -2.25. The van der Waals surface area contributed by atoms with Crippen LogP contribution < -0.4 is 15.4 Å². The van der Waals surface area contributed by atoms with Gasteiger partial charge in [-0.2, -0.15) is 19.6 Å². The first-order valence-corrected chi connectivity index (χ1v) is 14.2. The first kappa shape index (κ1) is 25.9. The molecule has 1 saturated heterocycles. The number of rotatable bonds is 8. The van der Waals surface area contributed by atoms with E-state index in [1.165, 1.54) is 10.1 Å². The molecule has 38 heavy (non-hydrogen) atoms. The molecule has 1 aliphatic rings. The Morgan fingerprint density at radius 2 is 1.82 bits per heavy atom. The molecule has 0 atom stereocenters. The Labute approximate surface area is 222 Å². The lowest BCUT2D eigenvalue weighted by Crippen LogP contribution is -2.16. The van der Waals surface area contributed by atoms with Crippen molar-refractivity contribution in [2.45, 2.75) is 49.7 Å². The summed E-state index contributed by atoms with van der Waals surface area (Å²) in [5.74, 6) is 1.77. The van der Waals surface area contributed by atoms with Crippen LogP contribution in [0.3, 0.4) is 0 Å². The Morgan fingerprint density at radius 1 is 1.05 bits per heavy atom. The van der Waals surface area contributed by atoms with Crippen LogP contribution in [0.4, 0.5) is 23.3 Å². The summed E-state index contributed by atoms with van der Waals surface area (Å²) in [6, 6.07) is 12.7. The zero-order valence-electron chi connectivity index (χ0n) is 21.9. The van der Waals surface area contributed by atoms with Gasteiger partial charge in [-0.1, -0.05) is 12.1 Å². The first-order chi connectivity index (χ1) is 18.3. The van der Waals surface area contributed by atoms with Gasteiger partial charge >= 0.3 is 0 Å². The van der Waals surface area contributed by atoms with E-state index in [9.17, 15) is 8.42 Å². The quantitative estimate of drug-likeness (QED) is 0.320. The fourth-order valence-corrected chi connectivity index (χ4v) is 5.90. The van der Waals surface area contributed by atoms with Crippen LogP contribution in [-0.2, 0) is 14.6 Å². The number of ether oxygens (including phenoxy) is 2. The minimum absolute atomic E-state index is 0.199. The fraction of sp³-hybridized carbons (Fsp3) is 0.370. The van der Waals surface area contributed by atoms with Crippen molar-refractivity contribution in [1.82, 2.24) is 19.6 Å². The van der Waals surface area contributed by atoms with Crippen molar-refractivity contribution < 1.29 is 17.9 Å². The fourth-order valence-electron chi connectivity index (χ4n) is 4.69. The molecule has 0 aliphatic carbocycles. The highest BCUT2D eigenvalue weighted by atomic mass is 32.2. The molecular weight excluding hydrogens is 504 g/mol. The van der Waals surface area contributed by atoms with Crippen molar-refractivity contribution in [3.8, 4) is 5.75 Å². The van der Waals surface area contributed by atoms with Gasteiger partial charge in [-0.05, 0) is 74.9 Å². The number of nitrogens with one attached hydrogen (secondary N) is 2. The van der Waals surface area contributed by atoms with Gasteiger partial charge in [-0.25, -0.2) is 8.42 Å². The predicted octanol–water partition coefficient (Wildman–Crippen LogP) is 5.00. The number of sulfone groups is 1.